The summed E-state index contributed by atoms with van der Waals surface area (Å²) in [5.41, 5.74) is 2.17. The smallest absolute Gasteiger partial charge is 0.442 e. The molecule has 5 aromatic rings. The summed E-state index contributed by atoms with van der Waals surface area (Å²) >= 11 is 3.51. The summed E-state index contributed by atoms with van der Waals surface area (Å²) in [6.45, 7) is 2.78. The molecule has 0 spiro atoms. The van der Waals surface area contributed by atoms with Crippen molar-refractivity contribution in [3.8, 4) is 0 Å². The molecule has 3 aromatic heterocycles. The first kappa shape index (κ1) is 20.5. The third-order valence-corrected chi connectivity index (χ3v) is 7.18. The summed E-state index contributed by atoms with van der Waals surface area (Å²) in [7, 11) is 0. The number of para-hydroxylation sites is 1. The fourth-order valence-electron chi connectivity index (χ4n) is 5.03. The van der Waals surface area contributed by atoms with Gasteiger partial charge in [0, 0.05) is 27.4 Å². The van der Waals surface area contributed by atoms with Crippen LogP contribution in [0.5, 0.6) is 0 Å². The second-order valence-corrected chi connectivity index (χ2v) is 9.48. The van der Waals surface area contributed by atoms with E-state index in [2.05, 4.69) is 39.0 Å². The van der Waals surface area contributed by atoms with Crippen LogP contribution in [-0.4, -0.2) is 29.1 Å². The van der Waals surface area contributed by atoms with E-state index in [1.807, 2.05) is 24.3 Å². The summed E-state index contributed by atoms with van der Waals surface area (Å²) in [5.74, 6) is 0.482. The number of hydrogen-bond acceptors (Lipinski definition) is 6. The van der Waals surface area contributed by atoms with Crippen LogP contribution in [0.1, 0.15) is 29.9 Å². The van der Waals surface area contributed by atoms with Gasteiger partial charge in [-0.25, -0.2) is 9.59 Å². The Labute approximate surface area is 196 Å². The predicted molar refractivity (Wildman–Crippen MR) is 128 cm³/mol. The van der Waals surface area contributed by atoms with Crippen LogP contribution >= 0.6 is 15.9 Å². The quantitative estimate of drug-likeness (QED) is 0.320. The lowest BCUT2D eigenvalue weighted by atomic mass is 9.88. The van der Waals surface area contributed by atoms with Gasteiger partial charge in [0.15, 0.2) is 0 Å². The number of fused-ring (bicyclic) bond motifs is 4. The Morgan fingerprint density at radius 3 is 2.73 bits per heavy atom. The van der Waals surface area contributed by atoms with Crippen molar-refractivity contribution in [2.45, 2.75) is 25.2 Å². The molecular weight excluding hydrogens is 488 g/mol. The van der Waals surface area contributed by atoms with Gasteiger partial charge >= 0.3 is 11.3 Å². The number of halogens is 1. The fraction of sp³-hybridized carbons (Fsp3) is 0.280. The average Bonchev–Trinajstić information content (AvgIpc) is 3.41. The lowest BCUT2D eigenvalue weighted by Gasteiger charge is -2.32. The van der Waals surface area contributed by atoms with Crippen LogP contribution in [0.4, 0.5) is 0 Å². The minimum Gasteiger partial charge on any atom is -0.464 e. The highest BCUT2D eigenvalue weighted by atomic mass is 79.9. The summed E-state index contributed by atoms with van der Waals surface area (Å²) in [4.78, 5) is 26.1. The molecule has 0 amide bonds. The van der Waals surface area contributed by atoms with Crippen molar-refractivity contribution in [3.05, 3.63) is 85.2 Å². The van der Waals surface area contributed by atoms with Gasteiger partial charge in [0.05, 0.1) is 11.8 Å². The van der Waals surface area contributed by atoms with Gasteiger partial charge < -0.3 is 18.3 Å². The maximum atomic E-state index is 11.9. The zero-order valence-corrected chi connectivity index (χ0v) is 19.3. The van der Waals surface area contributed by atoms with E-state index >= 15 is 0 Å². The highest BCUT2D eigenvalue weighted by molar-refractivity contribution is 9.10. The number of likely N-dealkylation sites (tertiary alicyclic amines) is 1. The molecule has 2 aromatic carbocycles. The number of piperidine rings is 1. The molecule has 0 atom stereocenters. The molecule has 1 fully saturated rings. The van der Waals surface area contributed by atoms with Gasteiger partial charge in [-0.1, -0.05) is 34.1 Å². The van der Waals surface area contributed by atoms with Crippen molar-refractivity contribution in [1.82, 2.24) is 9.47 Å². The molecule has 7 nitrogen and oxygen atoms in total. The molecule has 1 aliphatic heterocycles. The van der Waals surface area contributed by atoms with Gasteiger partial charge in [-0.3, -0.25) is 0 Å². The second kappa shape index (κ2) is 8.04. The average molecular weight is 509 g/mol. The molecule has 8 heteroatoms. The first-order valence-electron chi connectivity index (χ1n) is 11.0. The molecule has 0 unspecified atom stereocenters. The van der Waals surface area contributed by atoms with Gasteiger partial charge in [-0.2, -0.15) is 0 Å². The first-order valence-corrected chi connectivity index (χ1v) is 11.8. The Hall–Kier alpha value is -3.10. The molecule has 0 radical (unpaired) electrons. The van der Waals surface area contributed by atoms with E-state index in [0.717, 1.165) is 58.9 Å². The van der Waals surface area contributed by atoms with Crippen LogP contribution in [0.25, 0.3) is 27.6 Å². The van der Waals surface area contributed by atoms with E-state index in [4.69, 9.17) is 13.4 Å². The number of nitrogens with zero attached hydrogens (tertiary/aromatic N) is 2. The van der Waals surface area contributed by atoms with Gasteiger partial charge in [0.2, 0.25) is 5.71 Å². The lowest BCUT2D eigenvalue weighted by Crippen LogP contribution is -2.34. The molecule has 6 rings (SSSR count). The fourth-order valence-corrected chi connectivity index (χ4v) is 5.40. The first-order chi connectivity index (χ1) is 16.1. The second-order valence-electron chi connectivity index (χ2n) is 8.56. The molecule has 1 saturated heterocycles. The molecule has 4 heterocycles. The Bertz CT molecular complexity index is 1600. The van der Waals surface area contributed by atoms with Gasteiger partial charge in [-0.05, 0) is 68.1 Å². The highest BCUT2D eigenvalue weighted by Gasteiger charge is 2.24. The lowest BCUT2D eigenvalue weighted by molar-refractivity contribution is 0.214. The van der Waals surface area contributed by atoms with Crippen molar-refractivity contribution in [3.63, 3.8) is 0 Å². The number of rotatable bonds is 4. The summed E-state index contributed by atoms with van der Waals surface area (Å²) in [5, 5.41) is 2.06. The SMILES string of the molecule is O=c1oc2c(CCN3CCC(c4cccc5ccoc45)CC3)c3cc(Br)ccc3n2oc1=O. The van der Waals surface area contributed by atoms with Crippen LogP contribution < -0.4 is 11.3 Å². The number of furan rings is 1. The Balaban J connectivity index is 1.24. The highest BCUT2D eigenvalue weighted by Crippen LogP contribution is 2.34. The van der Waals surface area contributed by atoms with Crippen molar-refractivity contribution in [2.24, 2.45) is 0 Å². The van der Waals surface area contributed by atoms with Gasteiger partial charge in [0.1, 0.15) is 5.58 Å². The zero-order chi connectivity index (χ0) is 22.5. The maximum absolute atomic E-state index is 11.9. The minimum absolute atomic E-state index is 0.298. The molecule has 0 bridgehead atoms. The Morgan fingerprint density at radius 2 is 1.88 bits per heavy atom. The molecule has 0 N–H and O–H groups in total. The molecule has 168 valence electrons. The van der Waals surface area contributed by atoms with E-state index in [-0.39, 0.29) is 0 Å². The topological polar surface area (TPSA) is 81.2 Å². The molecule has 1 aliphatic rings. The largest absolute Gasteiger partial charge is 0.464 e. The normalized spacial score (nSPS) is 15.8. The summed E-state index contributed by atoms with van der Waals surface area (Å²) in [6, 6.07) is 14.1. The predicted octanol–water partition coefficient (Wildman–Crippen LogP) is 4.93. The van der Waals surface area contributed by atoms with E-state index in [1.54, 1.807) is 6.26 Å². The van der Waals surface area contributed by atoms with Crippen LogP contribution in [0, 0.1) is 0 Å². The van der Waals surface area contributed by atoms with Crippen LogP contribution in [0.15, 0.2) is 76.1 Å². The van der Waals surface area contributed by atoms with Crippen molar-refractivity contribution in [1.29, 1.82) is 0 Å². The number of benzene rings is 2. The summed E-state index contributed by atoms with van der Waals surface area (Å²) < 4.78 is 18.6. The summed E-state index contributed by atoms with van der Waals surface area (Å²) in [6.07, 6.45) is 4.56. The third-order valence-electron chi connectivity index (χ3n) is 6.69. The molecular formula is C25H21BrN2O5. The van der Waals surface area contributed by atoms with Crippen molar-refractivity contribution in [2.75, 3.05) is 19.6 Å². The van der Waals surface area contributed by atoms with Crippen LogP contribution in [0.2, 0.25) is 0 Å². The standard InChI is InChI=1S/C25H21BrN2O5/c26-17-4-5-21-20(14-17)19(23-28(21)33-25(30)24(29)32-23)8-12-27-10-6-15(7-11-27)18-3-1-2-16-9-13-31-22(16)18/h1-5,9,13-15H,6-8,10-12H2. The number of aromatic nitrogens is 1. The monoisotopic (exact) mass is 508 g/mol. The molecule has 0 saturated carbocycles. The maximum Gasteiger partial charge on any atom is 0.442 e. The molecule has 0 aliphatic carbocycles. The van der Waals surface area contributed by atoms with Crippen LogP contribution in [0.3, 0.4) is 0 Å². The van der Waals surface area contributed by atoms with Gasteiger partial charge in [-0.15, -0.1) is 4.57 Å². The van der Waals surface area contributed by atoms with Crippen molar-refractivity contribution < 1.29 is 13.4 Å². The van der Waals surface area contributed by atoms with Gasteiger partial charge in [0.25, 0.3) is 0 Å². The van der Waals surface area contributed by atoms with E-state index in [1.165, 1.54) is 10.1 Å². The zero-order valence-electron chi connectivity index (χ0n) is 17.8. The van der Waals surface area contributed by atoms with Crippen molar-refractivity contribution >= 4 is 43.5 Å². The third kappa shape index (κ3) is 3.54. The molecule has 33 heavy (non-hydrogen) atoms. The van der Waals surface area contributed by atoms with E-state index < -0.39 is 11.3 Å². The minimum atomic E-state index is -1.01. The van der Waals surface area contributed by atoms with E-state index in [0.29, 0.717) is 23.6 Å². The number of hydrogen-bond donors (Lipinski definition) is 0. The Kier molecular flexibility index (Phi) is 4.99. The van der Waals surface area contributed by atoms with Crippen LogP contribution in [-0.2, 0) is 6.42 Å². The Morgan fingerprint density at radius 1 is 1.03 bits per heavy atom. The van der Waals surface area contributed by atoms with E-state index in [9.17, 15) is 9.59 Å².